The number of nitrogens with one attached hydrogen (secondary N) is 1. The van der Waals surface area contributed by atoms with Gasteiger partial charge >= 0.3 is 0 Å². The van der Waals surface area contributed by atoms with Crippen molar-refractivity contribution in [1.82, 2.24) is 0 Å². The van der Waals surface area contributed by atoms with Crippen LogP contribution in [-0.4, -0.2) is 24.1 Å². The molecule has 3 N–H and O–H groups in total. The van der Waals surface area contributed by atoms with E-state index in [2.05, 4.69) is 16.5 Å². The number of hydrogen-bond donors (Lipinski definition) is 2. The zero-order chi connectivity index (χ0) is 27.5. The average molecular weight is 529 g/mol. The summed E-state index contributed by atoms with van der Waals surface area (Å²) in [6.45, 7) is 0.601. The fraction of sp³-hybridized carbons (Fsp3) is 0.206. The van der Waals surface area contributed by atoms with E-state index in [4.69, 9.17) is 5.84 Å². The summed E-state index contributed by atoms with van der Waals surface area (Å²) in [6, 6.07) is 32.7. The number of hydrogen-bond acceptors (Lipinski definition) is 4. The lowest BCUT2D eigenvalue weighted by Crippen LogP contribution is -2.35. The van der Waals surface area contributed by atoms with Crippen LogP contribution < -0.4 is 16.1 Å². The molecule has 1 aliphatic heterocycles. The number of carbonyl (C=O) groups excluding carboxylic acids is 2. The van der Waals surface area contributed by atoms with Gasteiger partial charge in [0.25, 0.3) is 11.8 Å². The number of carbonyl (C=O) groups is 2. The highest BCUT2D eigenvalue weighted by molar-refractivity contribution is 6.10. The van der Waals surface area contributed by atoms with Gasteiger partial charge in [-0.3, -0.25) is 9.59 Å². The van der Waals surface area contributed by atoms with Gasteiger partial charge in [0.2, 0.25) is 0 Å². The van der Waals surface area contributed by atoms with E-state index < -0.39 is 0 Å². The molecule has 1 unspecified atom stereocenters. The Hall–Kier alpha value is -4.71. The van der Waals surface area contributed by atoms with Gasteiger partial charge in [0.1, 0.15) is 0 Å². The Balaban J connectivity index is 1.22. The van der Waals surface area contributed by atoms with E-state index in [9.17, 15) is 9.59 Å². The molecule has 1 spiro atoms. The lowest BCUT2D eigenvalue weighted by Gasteiger charge is -2.28. The van der Waals surface area contributed by atoms with Crippen LogP contribution >= 0.6 is 0 Å². The molecule has 1 aliphatic carbocycles. The number of hydrazone groups is 1. The van der Waals surface area contributed by atoms with E-state index in [1.54, 1.807) is 24.3 Å². The molecule has 0 radical (unpaired) electrons. The molecule has 6 nitrogen and oxygen atoms in total. The Morgan fingerprint density at radius 3 is 2.35 bits per heavy atom. The van der Waals surface area contributed by atoms with Gasteiger partial charge in [-0.15, -0.1) is 0 Å². The molecule has 6 rings (SSSR count). The standard InChI is InChI=1S/C34H32N4O2/c35-37-31-15-8-20-34(31)21-22-38(30-14-7-4-11-26(30)23-34)33(40)25-16-18-27(19-17-25)36-32(39)29-13-6-5-12-28(29)24-9-2-1-3-10-24/h1-7,9-14,16-19H,8,15,20-23,35H2,(H,36,39). The minimum Gasteiger partial charge on any atom is -0.323 e. The lowest BCUT2D eigenvalue weighted by molar-refractivity contribution is 0.0984. The van der Waals surface area contributed by atoms with Crippen LogP contribution in [0.15, 0.2) is 108 Å². The second-order valence-corrected chi connectivity index (χ2v) is 10.7. The van der Waals surface area contributed by atoms with Crippen molar-refractivity contribution in [2.24, 2.45) is 16.4 Å². The first kappa shape index (κ1) is 25.6. The molecule has 2 amide bonds. The predicted molar refractivity (Wildman–Crippen MR) is 161 cm³/mol. The van der Waals surface area contributed by atoms with Gasteiger partial charge in [-0.25, -0.2) is 0 Å². The highest BCUT2D eigenvalue weighted by atomic mass is 16.2. The van der Waals surface area contributed by atoms with Crippen molar-refractivity contribution in [2.45, 2.75) is 32.1 Å². The second kappa shape index (κ2) is 10.8. The van der Waals surface area contributed by atoms with Gasteiger partial charge in [0.15, 0.2) is 0 Å². The van der Waals surface area contributed by atoms with Crippen LogP contribution in [0.4, 0.5) is 11.4 Å². The fourth-order valence-corrected chi connectivity index (χ4v) is 6.30. The molecule has 2 aliphatic rings. The van der Waals surface area contributed by atoms with E-state index in [0.29, 0.717) is 23.4 Å². The number of anilines is 2. The first-order valence-corrected chi connectivity index (χ1v) is 13.8. The summed E-state index contributed by atoms with van der Waals surface area (Å²) in [4.78, 5) is 28.9. The summed E-state index contributed by atoms with van der Waals surface area (Å²) < 4.78 is 0. The third-order valence-corrected chi connectivity index (χ3v) is 8.35. The molecule has 1 fully saturated rings. The van der Waals surface area contributed by atoms with Crippen LogP contribution in [0.5, 0.6) is 0 Å². The normalized spacial score (nSPS) is 19.3. The van der Waals surface area contributed by atoms with Crippen LogP contribution in [0.25, 0.3) is 11.1 Å². The van der Waals surface area contributed by atoms with E-state index in [-0.39, 0.29) is 17.2 Å². The van der Waals surface area contributed by atoms with Gasteiger partial charge in [-0.05, 0) is 85.2 Å². The lowest BCUT2D eigenvalue weighted by atomic mass is 9.76. The van der Waals surface area contributed by atoms with E-state index >= 15 is 0 Å². The van der Waals surface area contributed by atoms with Crippen LogP contribution in [0, 0.1) is 5.41 Å². The predicted octanol–water partition coefficient (Wildman–Crippen LogP) is 6.68. The van der Waals surface area contributed by atoms with Crippen molar-refractivity contribution >= 4 is 28.9 Å². The highest BCUT2D eigenvalue weighted by Gasteiger charge is 2.43. The molecule has 1 atom stereocenters. The molecule has 0 aromatic heterocycles. The van der Waals surface area contributed by atoms with Crippen molar-refractivity contribution in [3.8, 4) is 11.1 Å². The first-order valence-electron chi connectivity index (χ1n) is 13.8. The van der Waals surface area contributed by atoms with Crippen molar-refractivity contribution in [3.63, 3.8) is 0 Å². The number of para-hydroxylation sites is 1. The van der Waals surface area contributed by atoms with Crippen LogP contribution in [0.2, 0.25) is 0 Å². The second-order valence-electron chi connectivity index (χ2n) is 10.7. The number of nitrogens with two attached hydrogens (primary N) is 1. The molecule has 200 valence electrons. The Kier molecular flexibility index (Phi) is 6.91. The van der Waals surface area contributed by atoms with Crippen LogP contribution in [0.1, 0.15) is 52.0 Å². The fourth-order valence-electron chi connectivity index (χ4n) is 6.30. The topological polar surface area (TPSA) is 87.8 Å². The van der Waals surface area contributed by atoms with E-state index in [1.165, 1.54) is 0 Å². The molecule has 40 heavy (non-hydrogen) atoms. The molecule has 4 aromatic rings. The van der Waals surface area contributed by atoms with Crippen LogP contribution in [0.3, 0.4) is 0 Å². The van der Waals surface area contributed by atoms with Crippen molar-refractivity contribution < 1.29 is 9.59 Å². The SMILES string of the molecule is NN=C1CCCC12CCN(C(=O)c1ccc(NC(=O)c3ccccc3-c3ccccc3)cc1)c1ccccc1C2. The third-order valence-electron chi connectivity index (χ3n) is 8.35. The average Bonchev–Trinajstić information content (AvgIpc) is 3.32. The summed E-state index contributed by atoms with van der Waals surface area (Å²) >= 11 is 0. The maximum Gasteiger partial charge on any atom is 0.258 e. The molecular formula is C34H32N4O2. The smallest absolute Gasteiger partial charge is 0.258 e. The summed E-state index contributed by atoms with van der Waals surface area (Å²) in [5.41, 5.74) is 6.75. The third kappa shape index (κ3) is 4.77. The number of amides is 2. The largest absolute Gasteiger partial charge is 0.323 e. The highest BCUT2D eigenvalue weighted by Crippen LogP contribution is 2.45. The molecule has 0 saturated heterocycles. The van der Waals surface area contributed by atoms with Gasteiger partial charge in [-0.2, -0.15) is 5.10 Å². The molecule has 4 aromatic carbocycles. The number of nitrogens with zero attached hydrogens (tertiary/aromatic N) is 2. The van der Waals surface area contributed by atoms with Crippen molar-refractivity contribution in [1.29, 1.82) is 0 Å². The summed E-state index contributed by atoms with van der Waals surface area (Å²) in [7, 11) is 0. The van der Waals surface area contributed by atoms with E-state index in [1.807, 2.05) is 77.7 Å². The van der Waals surface area contributed by atoms with Crippen LogP contribution in [-0.2, 0) is 6.42 Å². The van der Waals surface area contributed by atoms with Gasteiger partial charge in [0.05, 0.1) is 0 Å². The monoisotopic (exact) mass is 528 g/mol. The maximum atomic E-state index is 13.8. The van der Waals surface area contributed by atoms with Crippen molar-refractivity contribution in [3.05, 3.63) is 120 Å². The summed E-state index contributed by atoms with van der Waals surface area (Å²) in [5.74, 6) is 5.55. The Bertz CT molecular complexity index is 1580. The Morgan fingerprint density at radius 2 is 1.55 bits per heavy atom. The zero-order valence-corrected chi connectivity index (χ0v) is 22.3. The Labute approximate surface area is 234 Å². The first-order chi connectivity index (χ1) is 19.6. The zero-order valence-electron chi connectivity index (χ0n) is 22.3. The molecule has 1 heterocycles. The minimum absolute atomic E-state index is 0.0546. The quantitative estimate of drug-likeness (QED) is 0.229. The summed E-state index contributed by atoms with van der Waals surface area (Å²) in [6.07, 6.45) is 4.72. The number of benzene rings is 4. The van der Waals surface area contributed by atoms with Gasteiger partial charge < -0.3 is 16.1 Å². The van der Waals surface area contributed by atoms with Crippen molar-refractivity contribution in [2.75, 3.05) is 16.8 Å². The molecule has 6 heteroatoms. The number of fused-ring (bicyclic) bond motifs is 1. The summed E-state index contributed by atoms with van der Waals surface area (Å²) in [5, 5.41) is 7.16. The number of rotatable bonds is 4. The minimum atomic E-state index is -0.195. The Morgan fingerprint density at radius 1 is 0.825 bits per heavy atom. The molecular weight excluding hydrogens is 496 g/mol. The van der Waals surface area contributed by atoms with Gasteiger partial charge in [-0.1, -0.05) is 66.7 Å². The molecule has 0 bridgehead atoms. The van der Waals surface area contributed by atoms with E-state index in [0.717, 1.165) is 60.2 Å². The molecule has 1 saturated carbocycles. The van der Waals surface area contributed by atoms with Gasteiger partial charge in [0, 0.05) is 40.2 Å². The maximum absolute atomic E-state index is 13.8.